The fourth-order valence-electron chi connectivity index (χ4n) is 1.88. The number of hydrogen-bond acceptors (Lipinski definition) is 1. The van der Waals surface area contributed by atoms with Gasteiger partial charge in [0.15, 0.2) is 0 Å². The minimum Gasteiger partial charge on any atom is -0.316 e. The minimum absolute atomic E-state index is 0. The highest BCUT2D eigenvalue weighted by Crippen LogP contribution is 2.29. The average Bonchev–Trinajstić information content (AvgIpc) is 2.56. The fraction of sp³-hybridized carbons (Fsp3) is 0.455. The zero-order valence-electron chi connectivity index (χ0n) is 8.22. The van der Waals surface area contributed by atoms with E-state index in [1.54, 1.807) is 0 Å². The van der Waals surface area contributed by atoms with Gasteiger partial charge in [-0.2, -0.15) is 0 Å². The minimum atomic E-state index is 0. The van der Waals surface area contributed by atoms with E-state index in [1.165, 1.54) is 17.5 Å². The van der Waals surface area contributed by atoms with Gasteiger partial charge in [-0.3, -0.25) is 0 Å². The van der Waals surface area contributed by atoms with Crippen molar-refractivity contribution >= 4 is 24.0 Å². The Balaban J connectivity index is 0.000000980. The van der Waals surface area contributed by atoms with E-state index in [2.05, 4.69) is 30.4 Å². The summed E-state index contributed by atoms with van der Waals surface area (Å²) in [6.45, 7) is 4.26. The van der Waals surface area contributed by atoms with E-state index in [0.717, 1.165) is 18.1 Å². The van der Waals surface area contributed by atoms with Gasteiger partial charge in [0, 0.05) is 11.6 Å². The molecule has 1 aliphatic heterocycles. The van der Waals surface area contributed by atoms with E-state index in [4.69, 9.17) is 11.6 Å². The molecule has 1 atom stereocenters. The van der Waals surface area contributed by atoms with Gasteiger partial charge in [-0.05, 0) is 43.0 Å². The van der Waals surface area contributed by atoms with Crippen molar-refractivity contribution in [3.63, 3.8) is 0 Å². The van der Waals surface area contributed by atoms with Crippen molar-refractivity contribution in [3.8, 4) is 0 Å². The molecule has 0 bridgehead atoms. The monoisotopic (exact) mass is 231 g/mol. The van der Waals surface area contributed by atoms with Crippen LogP contribution in [-0.4, -0.2) is 13.1 Å². The predicted molar refractivity (Wildman–Crippen MR) is 63.7 cm³/mol. The van der Waals surface area contributed by atoms with Gasteiger partial charge in [0.2, 0.25) is 0 Å². The van der Waals surface area contributed by atoms with Crippen molar-refractivity contribution in [2.45, 2.75) is 19.3 Å². The molecular weight excluding hydrogens is 217 g/mol. The number of nitrogens with one attached hydrogen (secondary N) is 1. The molecule has 1 heterocycles. The van der Waals surface area contributed by atoms with Crippen molar-refractivity contribution in [1.29, 1.82) is 0 Å². The summed E-state index contributed by atoms with van der Waals surface area (Å²) < 4.78 is 0. The quantitative estimate of drug-likeness (QED) is 0.784. The molecule has 0 aliphatic carbocycles. The first-order valence-electron chi connectivity index (χ1n) is 4.74. The molecule has 1 fully saturated rings. The Morgan fingerprint density at radius 2 is 2.21 bits per heavy atom. The summed E-state index contributed by atoms with van der Waals surface area (Å²) in [6, 6.07) is 6.35. The van der Waals surface area contributed by atoms with Crippen molar-refractivity contribution in [3.05, 3.63) is 34.3 Å². The molecule has 0 amide bonds. The van der Waals surface area contributed by atoms with Crippen LogP contribution in [0, 0.1) is 6.92 Å². The van der Waals surface area contributed by atoms with Gasteiger partial charge in [0.05, 0.1) is 0 Å². The van der Waals surface area contributed by atoms with Gasteiger partial charge in [-0.15, -0.1) is 12.4 Å². The van der Waals surface area contributed by atoms with Gasteiger partial charge in [-0.25, -0.2) is 0 Å². The highest BCUT2D eigenvalue weighted by Gasteiger charge is 2.18. The maximum Gasteiger partial charge on any atom is 0.0443 e. The number of hydrogen-bond donors (Lipinski definition) is 1. The molecule has 0 spiro atoms. The van der Waals surface area contributed by atoms with Crippen LogP contribution in [0.5, 0.6) is 0 Å². The SMILES string of the molecule is Cc1ccc(C2CCNC2)c(Cl)c1.Cl. The van der Waals surface area contributed by atoms with Crippen LogP contribution >= 0.6 is 24.0 Å². The summed E-state index contributed by atoms with van der Waals surface area (Å²) in [6.07, 6.45) is 1.21. The molecule has 1 unspecified atom stereocenters. The van der Waals surface area contributed by atoms with E-state index >= 15 is 0 Å². The van der Waals surface area contributed by atoms with E-state index in [-0.39, 0.29) is 12.4 Å². The summed E-state index contributed by atoms with van der Waals surface area (Å²) in [5.41, 5.74) is 2.54. The van der Waals surface area contributed by atoms with Crippen LogP contribution in [-0.2, 0) is 0 Å². The highest BCUT2D eigenvalue weighted by atomic mass is 35.5. The second-order valence-corrected chi connectivity index (χ2v) is 4.12. The lowest BCUT2D eigenvalue weighted by Crippen LogP contribution is -2.08. The molecule has 1 nitrogen and oxygen atoms in total. The molecular formula is C11H15Cl2N. The third-order valence-electron chi connectivity index (χ3n) is 2.66. The van der Waals surface area contributed by atoms with Crippen LogP contribution in [0.25, 0.3) is 0 Å². The van der Waals surface area contributed by atoms with Crippen LogP contribution in [0.3, 0.4) is 0 Å². The standard InChI is InChI=1S/C11H14ClN.ClH/c1-8-2-3-10(11(12)6-8)9-4-5-13-7-9;/h2-3,6,9,13H,4-5,7H2,1H3;1H. The van der Waals surface area contributed by atoms with E-state index < -0.39 is 0 Å². The second-order valence-electron chi connectivity index (χ2n) is 3.71. The van der Waals surface area contributed by atoms with E-state index in [1.807, 2.05) is 0 Å². The van der Waals surface area contributed by atoms with E-state index in [9.17, 15) is 0 Å². The molecule has 1 aromatic carbocycles. The summed E-state index contributed by atoms with van der Waals surface area (Å²) in [4.78, 5) is 0. The zero-order chi connectivity index (χ0) is 9.26. The maximum atomic E-state index is 6.18. The molecule has 3 heteroatoms. The third kappa shape index (κ3) is 2.41. The molecule has 2 rings (SSSR count). The van der Waals surface area contributed by atoms with Crippen LogP contribution in [0.1, 0.15) is 23.5 Å². The van der Waals surface area contributed by atoms with Crippen molar-refractivity contribution in [2.75, 3.05) is 13.1 Å². The Bertz CT molecular complexity index is 306. The molecule has 0 saturated carbocycles. The van der Waals surface area contributed by atoms with Gasteiger partial charge in [-0.1, -0.05) is 23.7 Å². The molecule has 0 aromatic heterocycles. The Hall–Kier alpha value is -0.240. The van der Waals surface area contributed by atoms with Crippen molar-refractivity contribution < 1.29 is 0 Å². The summed E-state index contributed by atoms with van der Waals surface area (Å²) >= 11 is 6.18. The van der Waals surface area contributed by atoms with Crippen LogP contribution in [0.2, 0.25) is 5.02 Å². The maximum absolute atomic E-state index is 6.18. The van der Waals surface area contributed by atoms with Crippen LogP contribution < -0.4 is 5.32 Å². The van der Waals surface area contributed by atoms with E-state index in [0.29, 0.717) is 5.92 Å². The largest absolute Gasteiger partial charge is 0.316 e. The molecule has 1 saturated heterocycles. The molecule has 1 aromatic rings. The second kappa shape index (κ2) is 5.01. The number of rotatable bonds is 1. The van der Waals surface area contributed by atoms with Crippen LogP contribution in [0.4, 0.5) is 0 Å². The number of benzene rings is 1. The summed E-state index contributed by atoms with van der Waals surface area (Å²) in [7, 11) is 0. The van der Waals surface area contributed by atoms with Gasteiger partial charge < -0.3 is 5.32 Å². The van der Waals surface area contributed by atoms with Gasteiger partial charge >= 0.3 is 0 Å². The first kappa shape index (κ1) is 11.8. The number of halogens is 2. The topological polar surface area (TPSA) is 12.0 Å². The first-order chi connectivity index (χ1) is 6.27. The molecule has 78 valence electrons. The molecule has 1 N–H and O–H groups in total. The smallest absolute Gasteiger partial charge is 0.0443 e. The Morgan fingerprint density at radius 3 is 2.79 bits per heavy atom. The normalized spacial score (nSPS) is 20.6. The molecule has 1 aliphatic rings. The summed E-state index contributed by atoms with van der Waals surface area (Å²) in [5.74, 6) is 0.619. The predicted octanol–water partition coefficient (Wildman–Crippen LogP) is 3.15. The average molecular weight is 232 g/mol. The van der Waals surface area contributed by atoms with Crippen molar-refractivity contribution in [2.24, 2.45) is 0 Å². The van der Waals surface area contributed by atoms with Gasteiger partial charge in [0.1, 0.15) is 0 Å². The Morgan fingerprint density at radius 1 is 1.43 bits per heavy atom. The Kier molecular flexibility index (Phi) is 4.24. The lowest BCUT2D eigenvalue weighted by Gasteiger charge is -2.11. The third-order valence-corrected chi connectivity index (χ3v) is 2.98. The lowest BCUT2D eigenvalue weighted by atomic mass is 9.97. The van der Waals surface area contributed by atoms with Gasteiger partial charge in [0.25, 0.3) is 0 Å². The highest BCUT2D eigenvalue weighted by molar-refractivity contribution is 6.31. The molecule has 0 radical (unpaired) electrons. The van der Waals surface area contributed by atoms with Crippen molar-refractivity contribution in [1.82, 2.24) is 5.32 Å². The zero-order valence-corrected chi connectivity index (χ0v) is 9.79. The fourth-order valence-corrected chi connectivity index (χ4v) is 2.27. The van der Waals surface area contributed by atoms with Crippen LogP contribution in [0.15, 0.2) is 18.2 Å². The Labute approximate surface area is 96.3 Å². The summed E-state index contributed by atoms with van der Waals surface area (Å²) in [5, 5.41) is 4.28. The lowest BCUT2D eigenvalue weighted by molar-refractivity contribution is 0.763. The number of aryl methyl sites for hydroxylation is 1. The first-order valence-corrected chi connectivity index (χ1v) is 5.12. The molecule has 14 heavy (non-hydrogen) atoms.